The van der Waals surface area contributed by atoms with Crippen LogP contribution in [0.25, 0.3) is 0 Å². The van der Waals surface area contributed by atoms with Crippen LogP contribution in [-0.2, 0) is 11.3 Å². The number of piperidine rings is 1. The van der Waals surface area contributed by atoms with Crippen LogP contribution in [0.15, 0.2) is 30.3 Å². The maximum atomic E-state index is 10.8. The maximum Gasteiger partial charge on any atom is 0.306 e. The Bertz CT molecular complexity index is 348. The lowest BCUT2D eigenvalue weighted by Gasteiger charge is -2.29. The minimum atomic E-state index is -0.639. The molecular formula is C13H18ClNO2. The van der Waals surface area contributed by atoms with Gasteiger partial charge in [-0.25, -0.2) is 0 Å². The largest absolute Gasteiger partial charge is 0.481 e. The van der Waals surface area contributed by atoms with Crippen molar-refractivity contribution in [2.45, 2.75) is 19.4 Å². The third-order valence-corrected chi connectivity index (χ3v) is 3.19. The number of carboxylic acid groups (broad SMARTS) is 1. The molecule has 1 aliphatic rings. The molecule has 0 atom stereocenters. The lowest BCUT2D eigenvalue weighted by Crippen LogP contribution is -2.35. The van der Waals surface area contributed by atoms with Crippen LogP contribution in [-0.4, -0.2) is 29.1 Å². The zero-order valence-electron chi connectivity index (χ0n) is 9.71. The number of carbonyl (C=O) groups is 1. The fourth-order valence-corrected chi connectivity index (χ4v) is 2.18. The quantitative estimate of drug-likeness (QED) is 0.902. The van der Waals surface area contributed by atoms with Gasteiger partial charge in [0.15, 0.2) is 0 Å². The standard InChI is InChI=1S/C13H17NO2.ClH/c15-13(16)12-6-8-14(9-7-12)10-11-4-2-1-3-5-11;/h1-5,12H,6-10H2,(H,15,16);1H. The summed E-state index contributed by atoms with van der Waals surface area (Å²) in [6.07, 6.45) is 1.56. The first kappa shape index (κ1) is 14.0. The van der Waals surface area contributed by atoms with Gasteiger partial charge in [0.05, 0.1) is 5.92 Å². The molecule has 1 aliphatic heterocycles. The van der Waals surface area contributed by atoms with Crippen LogP contribution in [0.4, 0.5) is 0 Å². The van der Waals surface area contributed by atoms with Crippen LogP contribution >= 0.6 is 12.4 Å². The fraction of sp³-hybridized carbons (Fsp3) is 0.462. The first-order chi connectivity index (χ1) is 7.75. The van der Waals surface area contributed by atoms with E-state index in [9.17, 15) is 4.79 Å². The summed E-state index contributed by atoms with van der Waals surface area (Å²) in [7, 11) is 0. The van der Waals surface area contributed by atoms with E-state index < -0.39 is 5.97 Å². The molecule has 0 aliphatic carbocycles. The van der Waals surface area contributed by atoms with Gasteiger partial charge >= 0.3 is 5.97 Å². The molecule has 0 unspecified atom stereocenters. The Hall–Kier alpha value is -1.06. The average Bonchev–Trinajstić information content (AvgIpc) is 2.31. The van der Waals surface area contributed by atoms with Gasteiger partial charge in [-0.1, -0.05) is 30.3 Å². The van der Waals surface area contributed by atoms with Crippen molar-refractivity contribution >= 4 is 18.4 Å². The second kappa shape index (κ2) is 6.62. The molecular weight excluding hydrogens is 238 g/mol. The van der Waals surface area contributed by atoms with E-state index in [-0.39, 0.29) is 18.3 Å². The highest BCUT2D eigenvalue weighted by molar-refractivity contribution is 5.85. The Morgan fingerprint density at radius 3 is 2.35 bits per heavy atom. The highest BCUT2D eigenvalue weighted by atomic mass is 35.5. The van der Waals surface area contributed by atoms with Crippen molar-refractivity contribution in [1.82, 2.24) is 4.90 Å². The van der Waals surface area contributed by atoms with Gasteiger partial charge in [-0.05, 0) is 31.5 Å². The normalized spacial score (nSPS) is 17.4. The summed E-state index contributed by atoms with van der Waals surface area (Å²) in [5.74, 6) is -0.772. The molecule has 1 aromatic rings. The SMILES string of the molecule is Cl.O=C(O)C1CCN(Cc2ccccc2)CC1. The molecule has 1 aromatic carbocycles. The molecule has 3 nitrogen and oxygen atoms in total. The zero-order valence-corrected chi connectivity index (χ0v) is 10.5. The van der Waals surface area contributed by atoms with Crippen molar-refractivity contribution in [2.24, 2.45) is 5.92 Å². The summed E-state index contributed by atoms with van der Waals surface area (Å²) in [4.78, 5) is 13.1. The van der Waals surface area contributed by atoms with Crippen molar-refractivity contribution in [3.8, 4) is 0 Å². The van der Waals surface area contributed by atoms with Gasteiger partial charge in [0.2, 0.25) is 0 Å². The van der Waals surface area contributed by atoms with Crippen LogP contribution in [0.2, 0.25) is 0 Å². The summed E-state index contributed by atoms with van der Waals surface area (Å²) in [6, 6.07) is 10.3. The number of rotatable bonds is 3. The number of halogens is 1. The molecule has 17 heavy (non-hydrogen) atoms. The lowest BCUT2D eigenvalue weighted by atomic mass is 9.97. The van der Waals surface area contributed by atoms with Crippen molar-refractivity contribution in [3.05, 3.63) is 35.9 Å². The minimum Gasteiger partial charge on any atom is -0.481 e. The summed E-state index contributed by atoms with van der Waals surface area (Å²) in [5.41, 5.74) is 1.30. The molecule has 0 spiro atoms. The Morgan fingerprint density at radius 1 is 1.24 bits per heavy atom. The minimum absolute atomic E-state index is 0. The predicted molar refractivity (Wildman–Crippen MR) is 69.3 cm³/mol. The molecule has 1 N–H and O–H groups in total. The second-order valence-electron chi connectivity index (χ2n) is 4.37. The molecule has 0 bridgehead atoms. The summed E-state index contributed by atoms with van der Waals surface area (Å²) < 4.78 is 0. The van der Waals surface area contributed by atoms with E-state index in [2.05, 4.69) is 17.0 Å². The molecule has 0 saturated carbocycles. The van der Waals surface area contributed by atoms with Crippen molar-refractivity contribution in [2.75, 3.05) is 13.1 Å². The zero-order chi connectivity index (χ0) is 11.4. The number of hydrogen-bond donors (Lipinski definition) is 1. The Kier molecular flexibility index (Phi) is 5.45. The summed E-state index contributed by atoms with van der Waals surface area (Å²) >= 11 is 0. The van der Waals surface area contributed by atoms with Gasteiger partial charge in [-0.15, -0.1) is 12.4 Å². The third kappa shape index (κ3) is 4.02. The highest BCUT2D eigenvalue weighted by Gasteiger charge is 2.24. The van der Waals surface area contributed by atoms with Crippen LogP contribution in [0.3, 0.4) is 0 Å². The summed E-state index contributed by atoms with van der Waals surface area (Å²) in [5, 5.41) is 8.90. The van der Waals surface area contributed by atoms with Crippen LogP contribution in [0.5, 0.6) is 0 Å². The van der Waals surface area contributed by atoms with E-state index in [1.54, 1.807) is 0 Å². The molecule has 4 heteroatoms. The number of nitrogens with zero attached hydrogens (tertiary/aromatic N) is 1. The lowest BCUT2D eigenvalue weighted by molar-refractivity contribution is -0.143. The summed E-state index contributed by atoms with van der Waals surface area (Å²) in [6.45, 7) is 2.73. The number of aliphatic carboxylic acids is 1. The van der Waals surface area contributed by atoms with Gasteiger partial charge < -0.3 is 5.11 Å². The predicted octanol–water partition coefficient (Wildman–Crippen LogP) is 2.41. The van der Waals surface area contributed by atoms with Crippen LogP contribution in [0, 0.1) is 5.92 Å². The molecule has 0 radical (unpaired) electrons. The Labute approximate surface area is 108 Å². The smallest absolute Gasteiger partial charge is 0.306 e. The number of benzene rings is 1. The van der Waals surface area contributed by atoms with E-state index in [0.717, 1.165) is 32.5 Å². The van der Waals surface area contributed by atoms with Gasteiger partial charge in [-0.3, -0.25) is 9.69 Å². The van der Waals surface area contributed by atoms with Gasteiger partial charge in [-0.2, -0.15) is 0 Å². The van der Waals surface area contributed by atoms with Crippen LogP contribution < -0.4 is 0 Å². The van der Waals surface area contributed by atoms with Crippen LogP contribution in [0.1, 0.15) is 18.4 Å². The molecule has 0 amide bonds. The molecule has 0 aromatic heterocycles. The number of hydrogen-bond acceptors (Lipinski definition) is 2. The average molecular weight is 256 g/mol. The Balaban J connectivity index is 0.00000144. The number of likely N-dealkylation sites (tertiary alicyclic amines) is 1. The van der Waals surface area contributed by atoms with E-state index in [4.69, 9.17) is 5.11 Å². The van der Waals surface area contributed by atoms with Gasteiger partial charge in [0.1, 0.15) is 0 Å². The molecule has 1 saturated heterocycles. The molecule has 1 fully saturated rings. The van der Waals surface area contributed by atoms with E-state index >= 15 is 0 Å². The molecule has 1 heterocycles. The Morgan fingerprint density at radius 2 is 1.82 bits per heavy atom. The first-order valence-electron chi connectivity index (χ1n) is 5.75. The van der Waals surface area contributed by atoms with Crippen molar-refractivity contribution < 1.29 is 9.90 Å². The van der Waals surface area contributed by atoms with Crippen molar-refractivity contribution in [1.29, 1.82) is 0 Å². The first-order valence-corrected chi connectivity index (χ1v) is 5.75. The van der Waals surface area contributed by atoms with Gasteiger partial charge in [0.25, 0.3) is 0 Å². The van der Waals surface area contributed by atoms with Crippen molar-refractivity contribution in [3.63, 3.8) is 0 Å². The molecule has 2 rings (SSSR count). The molecule has 94 valence electrons. The maximum absolute atomic E-state index is 10.8. The van der Waals surface area contributed by atoms with E-state index in [1.165, 1.54) is 5.56 Å². The monoisotopic (exact) mass is 255 g/mol. The second-order valence-corrected chi connectivity index (χ2v) is 4.37. The fourth-order valence-electron chi connectivity index (χ4n) is 2.18. The van der Waals surface area contributed by atoms with E-state index in [0.29, 0.717) is 0 Å². The topological polar surface area (TPSA) is 40.5 Å². The van der Waals surface area contributed by atoms with E-state index in [1.807, 2.05) is 18.2 Å². The third-order valence-electron chi connectivity index (χ3n) is 3.19. The highest BCUT2D eigenvalue weighted by Crippen LogP contribution is 2.18. The van der Waals surface area contributed by atoms with Gasteiger partial charge in [0, 0.05) is 6.54 Å². The number of carboxylic acids is 1.